The van der Waals surface area contributed by atoms with E-state index in [1.807, 2.05) is 23.7 Å². The van der Waals surface area contributed by atoms with Crippen molar-refractivity contribution in [2.75, 3.05) is 6.54 Å². The summed E-state index contributed by atoms with van der Waals surface area (Å²) in [5, 5.41) is 3.55. The summed E-state index contributed by atoms with van der Waals surface area (Å²) in [4.78, 5) is 6.85. The zero-order chi connectivity index (χ0) is 12.1. The molecule has 3 heteroatoms. The average molecular weight is 246 g/mol. The van der Waals surface area contributed by atoms with E-state index in [0.29, 0.717) is 6.04 Å². The number of nitrogens with one attached hydrogen (secondary N) is 1. The summed E-state index contributed by atoms with van der Waals surface area (Å²) in [6, 6.07) is 9.02. The van der Waals surface area contributed by atoms with Crippen LogP contribution in [0.5, 0.6) is 0 Å². The second-order valence-electron chi connectivity index (χ2n) is 4.12. The zero-order valence-corrected chi connectivity index (χ0v) is 11.1. The lowest BCUT2D eigenvalue weighted by molar-refractivity contribution is 0.558. The summed E-state index contributed by atoms with van der Waals surface area (Å²) in [5.74, 6) is 0. The Balaban J connectivity index is 2.13. The molecule has 0 aromatic carbocycles. The van der Waals surface area contributed by atoms with Crippen molar-refractivity contribution < 1.29 is 0 Å². The van der Waals surface area contributed by atoms with E-state index in [9.17, 15) is 0 Å². The minimum absolute atomic E-state index is 0.418. The molecule has 0 saturated heterocycles. The molecule has 1 unspecified atom stereocenters. The predicted octanol–water partition coefficient (Wildman–Crippen LogP) is 3.34. The number of hydrogen-bond donors (Lipinski definition) is 1. The molecule has 0 aliphatic carbocycles. The van der Waals surface area contributed by atoms with E-state index in [4.69, 9.17) is 0 Å². The lowest BCUT2D eigenvalue weighted by Crippen LogP contribution is -2.22. The normalized spacial score (nSPS) is 12.6. The third-order valence-electron chi connectivity index (χ3n) is 2.74. The van der Waals surface area contributed by atoms with Crippen molar-refractivity contribution in [1.29, 1.82) is 0 Å². The Hall–Kier alpha value is -1.19. The van der Waals surface area contributed by atoms with Crippen molar-refractivity contribution in [2.45, 2.75) is 26.3 Å². The van der Waals surface area contributed by atoms with Crippen LogP contribution in [0.25, 0.3) is 0 Å². The predicted molar refractivity (Wildman–Crippen MR) is 73.4 cm³/mol. The van der Waals surface area contributed by atoms with E-state index in [2.05, 4.69) is 48.4 Å². The van der Waals surface area contributed by atoms with Gasteiger partial charge in [0.1, 0.15) is 0 Å². The molecule has 2 aromatic rings. The number of rotatable bonds is 5. The highest BCUT2D eigenvalue weighted by Crippen LogP contribution is 2.25. The van der Waals surface area contributed by atoms with Crippen molar-refractivity contribution in [1.82, 2.24) is 10.3 Å². The molecule has 2 rings (SSSR count). The van der Waals surface area contributed by atoms with Crippen LogP contribution in [0, 0.1) is 6.92 Å². The molecule has 2 heterocycles. The highest BCUT2D eigenvalue weighted by Gasteiger charge is 2.12. The Morgan fingerprint density at radius 1 is 1.24 bits per heavy atom. The molecule has 0 spiro atoms. The summed E-state index contributed by atoms with van der Waals surface area (Å²) in [7, 11) is 0. The Kier molecular flexibility index (Phi) is 4.29. The highest BCUT2D eigenvalue weighted by atomic mass is 32.1. The van der Waals surface area contributed by atoms with Gasteiger partial charge >= 0.3 is 0 Å². The Bertz CT molecular complexity index is 450. The number of aromatic nitrogens is 1. The fourth-order valence-electron chi connectivity index (χ4n) is 1.92. The third-order valence-corrected chi connectivity index (χ3v) is 3.86. The smallest absolute Gasteiger partial charge is 0.0455 e. The molecule has 1 N–H and O–H groups in total. The van der Waals surface area contributed by atoms with Gasteiger partial charge in [0.25, 0.3) is 0 Å². The van der Waals surface area contributed by atoms with Crippen molar-refractivity contribution in [2.24, 2.45) is 0 Å². The highest BCUT2D eigenvalue weighted by molar-refractivity contribution is 7.12. The van der Waals surface area contributed by atoms with Crippen LogP contribution in [0.1, 0.15) is 28.3 Å². The molecular weight excluding hydrogens is 228 g/mol. The Labute approximate surface area is 107 Å². The van der Waals surface area contributed by atoms with Crippen LogP contribution in [0.15, 0.2) is 36.7 Å². The zero-order valence-electron chi connectivity index (χ0n) is 10.3. The average Bonchev–Trinajstić information content (AvgIpc) is 2.77. The fourth-order valence-corrected chi connectivity index (χ4v) is 2.87. The Morgan fingerprint density at radius 2 is 2.00 bits per heavy atom. The van der Waals surface area contributed by atoms with Crippen LogP contribution >= 0.6 is 11.3 Å². The summed E-state index contributed by atoms with van der Waals surface area (Å²) >= 11 is 1.88. The van der Waals surface area contributed by atoms with Crippen LogP contribution in [0.3, 0.4) is 0 Å². The lowest BCUT2D eigenvalue weighted by atomic mass is 10.1. The van der Waals surface area contributed by atoms with E-state index in [1.165, 1.54) is 15.3 Å². The fraction of sp³-hybridized carbons (Fsp3) is 0.357. The van der Waals surface area contributed by atoms with Crippen molar-refractivity contribution in [3.8, 4) is 0 Å². The van der Waals surface area contributed by atoms with Gasteiger partial charge < -0.3 is 5.32 Å². The van der Waals surface area contributed by atoms with E-state index in [1.54, 1.807) is 0 Å². The minimum atomic E-state index is 0.418. The Morgan fingerprint density at radius 3 is 2.59 bits per heavy atom. The van der Waals surface area contributed by atoms with Gasteiger partial charge in [0.2, 0.25) is 0 Å². The van der Waals surface area contributed by atoms with E-state index < -0.39 is 0 Å². The maximum absolute atomic E-state index is 4.06. The number of aryl methyl sites for hydroxylation is 1. The van der Waals surface area contributed by atoms with Gasteiger partial charge in [-0.15, -0.1) is 11.3 Å². The first-order valence-electron chi connectivity index (χ1n) is 5.98. The van der Waals surface area contributed by atoms with Gasteiger partial charge in [0.15, 0.2) is 0 Å². The van der Waals surface area contributed by atoms with Crippen molar-refractivity contribution in [3.05, 3.63) is 52.0 Å². The van der Waals surface area contributed by atoms with Gasteiger partial charge in [0, 0.05) is 28.2 Å². The van der Waals surface area contributed by atoms with Crippen LogP contribution in [-0.2, 0) is 6.42 Å². The molecule has 0 saturated carbocycles. The summed E-state index contributed by atoms with van der Waals surface area (Å²) in [6.45, 7) is 5.30. The van der Waals surface area contributed by atoms with Crippen molar-refractivity contribution >= 4 is 11.3 Å². The minimum Gasteiger partial charge on any atom is -0.309 e. The molecular formula is C14H18N2S. The number of nitrogens with zero attached hydrogens (tertiary/aromatic N) is 1. The van der Waals surface area contributed by atoms with Gasteiger partial charge in [-0.25, -0.2) is 0 Å². The van der Waals surface area contributed by atoms with E-state index >= 15 is 0 Å². The molecule has 0 aliphatic heterocycles. The molecule has 0 aliphatic rings. The molecule has 2 aromatic heterocycles. The molecule has 1 atom stereocenters. The molecule has 17 heavy (non-hydrogen) atoms. The van der Waals surface area contributed by atoms with Gasteiger partial charge in [-0.1, -0.05) is 6.92 Å². The second-order valence-corrected chi connectivity index (χ2v) is 5.44. The first-order valence-corrected chi connectivity index (χ1v) is 6.80. The first-order chi connectivity index (χ1) is 8.29. The maximum Gasteiger partial charge on any atom is 0.0455 e. The number of likely N-dealkylation sites (N-methyl/N-ethyl adjacent to an activating group) is 1. The van der Waals surface area contributed by atoms with Gasteiger partial charge in [0.05, 0.1) is 0 Å². The molecule has 0 bridgehead atoms. The quantitative estimate of drug-likeness (QED) is 0.875. The molecule has 2 nitrogen and oxygen atoms in total. The van der Waals surface area contributed by atoms with E-state index in [-0.39, 0.29) is 0 Å². The SMILES string of the molecule is CCNC(Cc1ccncc1)c1ccc(C)s1. The van der Waals surface area contributed by atoms with Crippen molar-refractivity contribution in [3.63, 3.8) is 0 Å². The van der Waals surface area contributed by atoms with Gasteiger partial charge in [-0.3, -0.25) is 4.98 Å². The van der Waals surface area contributed by atoms with Gasteiger partial charge in [-0.05, 0) is 49.7 Å². The summed E-state index contributed by atoms with van der Waals surface area (Å²) in [5.41, 5.74) is 1.33. The largest absolute Gasteiger partial charge is 0.309 e. The van der Waals surface area contributed by atoms with Crippen LogP contribution in [0.4, 0.5) is 0 Å². The monoisotopic (exact) mass is 246 g/mol. The van der Waals surface area contributed by atoms with Gasteiger partial charge in [-0.2, -0.15) is 0 Å². The van der Waals surface area contributed by atoms with Crippen LogP contribution < -0.4 is 5.32 Å². The molecule has 0 radical (unpaired) electrons. The summed E-state index contributed by atoms with van der Waals surface area (Å²) < 4.78 is 0. The molecule has 0 fully saturated rings. The topological polar surface area (TPSA) is 24.9 Å². The van der Waals surface area contributed by atoms with Crippen LogP contribution in [-0.4, -0.2) is 11.5 Å². The molecule has 90 valence electrons. The molecule has 0 amide bonds. The second kappa shape index (κ2) is 5.94. The number of hydrogen-bond acceptors (Lipinski definition) is 3. The van der Waals surface area contributed by atoms with Crippen LogP contribution in [0.2, 0.25) is 0 Å². The standard InChI is InChI=1S/C14H18N2S/c1-3-16-13(14-5-4-11(2)17-14)10-12-6-8-15-9-7-12/h4-9,13,16H,3,10H2,1-2H3. The number of thiophene rings is 1. The lowest BCUT2D eigenvalue weighted by Gasteiger charge is -2.16. The third kappa shape index (κ3) is 3.38. The number of pyridine rings is 1. The maximum atomic E-state index is 4.06. The first kappa shape index (κ1) is 12.3. The van der Waals surface area contributed by atoms with E-state index in [0.717, 1.165) is 13.0 Å². The summed E-state index contributed by atoms with van der Waals surface area (Å²) in [6.07, 6.45) is 4.74.